The van der Waals surface area contributed by atoms with Gasteiger partial charge in [0.25, 0.3) is 0 Å². The topological polar surface area (TPSA) is 61.2 Å². The number of sulfone groups is 1. The van der Waals surface area contributed by atoms with Gasteiger partial charge in [0.2, 0.25) is 0 Å². The summed E-state index contributed by atoms with van der Waals surface area (Å²) in [4.78, 5) is 2.21. The van der Waals surface area contributed by atoms with Crippen LogP contribution in [0.25, 0.3) is 0 Å². The molecule has 2 aliphatic heterocycles. The summed E-state index contributed by atoms with van der Waals surface area (Å²) >= 11 is 0. The van der Waals surface area contributed by atoms with E-state index in [9.17, 15) is 13.7 Å². The molecule has 0 aromatic carbocycles. The summed E-state index contributed by atoms with van der Waals surface area (Å²) in [7, 11) is -2.88. The lowest BCUT2D eigenvalue weighted by molar-refractivity contribution is 0.101. The van der Waals surface area contributed by atoms with Crippen LogP contribution in [-0.2, 0) is 9.84 Å². The molecule has 16 heavy (non-hydrogen) atoms. The lowest BCUT2D eigenvalue weighted by Gasteiger charge is -2.43. The third-order valence-corrected chi connectivity index (χ3v) is 5.48. The van der Waals surface area contributed by atoms with Gasteiger partial charge in [0.05, 0.1) is 17.6 Å². The van der Waals surface area contributed by atoms with Crippen molar-refractivity contribution in [3.05, 3.63) is 0 Å². The number of piperidine rings is 1. The van der Waals surface area contributed by atoms with Gasteiger partial charge in [0, 0.05) is 0 Å². The van der Waals surface area contributed by atoms with Crippen LogP contribution in [0.15, 0.2) is 0 Å². The van der Waals surface area contributed by atoms with Crippen LogP contribution in [0.3, 0.4) is 0 Å². The van der Waals surface area contributed by atoms with Crippen molar-refractivity contribution in [1.29, 1.82) is 5.26 Å². The predicted octanol–water partition coefficient (Wildman–Crippen LogP) is 0.943. The van der Waals surface area contributed by atoms with Crippen LogP contribution < -0.4 is 0 Å². The summed E-state index contributed by atoms with van der Waals surface area (Å²) in [5.41, 5.74) is -0.494. The SMILES string of the molecule is N#CC1(N2CCCCC2)CCS(=O)(=O)CC1. The zero-order chi connectivity index (χ0) is 11.6. The Morgan fingerprint density at radius 1 is 1.06 bits per heavy atom. The second-order valence-electron chi connectivity index (χ2n) is 4.84. The van der Waals surface area contributed by atoms with E-state index < -0.39 is 15.4 Å². The van der Waals surface area contributed by atoms with Gasteiger partial charge in [-0.15, -0.1) is 0 Å². The monoisotopic (exact) mass is 242 g/mol. The van der Waals surface area contributed by atoms with Crippen molar-refractivity contribution >= 4 is 9.84 Å². The van der Waals surface area contributed by atoms with E-state index in [4.69, 9.17) is 0 Å². The highest BCUT2D eigenvalue weighted by Gasteiger charge is 2.42. The molecule has 0 aromatic rings. The van der Waals surface area contributed by atoms with Crippen LogP contribution in [0, 0.1) is 11.3 Å². The fraction of sp³-hybridized carbons (Fsp3) is 0.909. The van der Waals surface area contributed by atoms with E-state index in [0.717, 1.165) is 25.9 Å². The second kappa shape index (κ2) is 4.34. The summed E-state index contributed by atoms with van der Waals surface area (Å²) in [6.07, 6.45) is 4.49. The van der Waals surface area contributed by atoms with E-state index >= 15 is 0 Å². The minimum atomic E-state index is -2.88. The minimum Gasteiger partial charge on any atom is -0.285 e. The number of hydrogen-bond donors (Lipinski definition) is 0. The maximum atomic E-state index is 11.4. The first kappa shape index (κ1) is 11.9. The van der Waals surface area contributed by atoms with Crippen LogP contribution in [0.2, 0.25) is 0 Å². The standard InChI is InChI=1S/C11H18N2O2S/c12-10-11(13-6-2-1-3-7-13)4-8-16(14,15)9-5-11/h1-9H2. The molecule has 2 saturated heterocycles. The number of nitriles is 1. The molecule has 0 N–H and O–H groups in total. The molecule has 2 fully saturated rings. The second-order valence-corrected chi connectivity index (χ2v) is 7.15. The lowest BCUT2D eigenvalue weighted by atomic mass is 9.89. The van der Waals surface area contributed by atoms with Crippen LogP contribution in [0.1, 0.15) is 32.1 Å². The quantitative estimate of drug-likeness (QED) is 0.686. The van der Waals surface area contributed by atoms with Crippen molar-refractivity contribution in [2.75, 3.05) is 24.6 Å². The molecule has 0 unspecified atom stereocenters. The Morgan fingerprint density at radius 3 is 2.12 bits per heavy atom. The van der Waals surface area contributed by atoms with Gasteiger partial charge in [-0.2, -0.15) is 5.26 Å². The Bertz CT molecular complexity index is 377. The average molecular weight is 242 g/mol. The average Bonchev–Trinajstić information content (AvgIpc) is 2.31. The number of nitrogens with zero attached hydrogens (tertiary/aromatic N) is 2. The van der Waals surface area contributed by atoms with Crippen LogP contribution in [-0.4, -0.2) is 43.5 Å². The van der Waals surface area contributed by atoms with Crippen molar-refractivity contribution in [2.45, 2.75) is 37.6 Å². The molecule has 2 aliphatic rings. The Balaban J connectivity index is 2.12. The highest BCUT2D eigenvalue weighted by molar-refractivity contribution is 7.91. The Labute approximate surface area is 97.2 Å². The largest absolute Gasteiger partial charge is 0.285 e. The highest BCUT2D eigenvalue weighted by Crippen LogP contribution is 2.31. The van der Waals surface area contributed by atoms with E-state index in [1.165, 1.54) is 6.42 Å². The molecule has 0 atom stereocenters. The molecular weight excluding hydrogens is 224 g/mol. The Kier molecular flexibility index (Phi) is 3.22. The molecule has 0 radical (unpaired) electrons. The van der Waals surface area contributed by atoms with Crippen molar-refractivity contribution < 1.29 is 8.42 Å². The smallest absolute Gasteiger partial charge is 0.150 e. The molecule has 0 aliphatic carbocycles. The number of hydrogen-bond acceptors (Lipinski definition) is 4. The molecule has 90 valence electrons. The molecule has 2 heterocycles. The Hall–Kier alpha value is -0.600. The van der Waals surface area contributed by atoms with Gasteiger partial charge in [0.1, 0.15) is 5.54 Å². The normalized spacial score (nSPS) is 29.4. The zero-order valence-corrected chi connectivity index (χ0v) is 10.3. The molecule has 0 saturated carbocycles. The first-order chi connectivity index (χ1) is 7.58. The van der Waals surface area contributed by atoms with Gasteiger partial charge in [-0.3, -0.25) is 4.90 Å². The fourth-order valence-electron chi connectivity index (χ4n) is 2.70. The molecule has 0 amide bonds. The summed E-state index contributed by atoms with van der Waals surface area (Å²) in [5, 5.41) is 9.38. The van der Waals surface area contributed by atoms with Gasteiger partial charge in [-0.25, -0.2) is 8.42 Å². The number of likely N-dealkylation sites (tertiary alicyclic amines) is 1. The Morgan fingerprint density at radius 2 is 1.62 bits per heavy atom. The summed E-state index contributed by atoms with van der Waals surface area (Å²) in [6.45, 7) is 1.90. The van der Waals surface area contributed by atoms with Crippen LogP contribution in [0.5, 0.6) is 0 Å². The minimum absolute atomic E-state index is 0.178. The number of rotatable bonds is 1. The maximum Gasteiger partial charge on any atom is 0.150 e. The molecule has 0 aromatic heterocycles. The zero-order valence-electron chi connectivity index (χ0n) is 9.48. The lowest BCUT2D eigenvalue weighted by Crippen LogP contribution is -2.54. The van der Waals surface area contributed by atoms with E-state index in [1.54, 1.807) is 0 Å². The van der Waals surface area contributed by atoms with E-state index in [1.807, 2.05) is 0 Å². The molecule has 5 heteroatoms. The van der Waals surface area contributed by atoms with Crippen molar-refractivity contribution in [2.24, 2.45) is 0 Å². The van der Waals surface area contributed by atoms with Gasteiger partial charge >= 0.3 is 0 Å². The first-order valence-electron chi connectivity index (χ1n) is 5.95. The summed E-state index contributed by atoms with van der Waals surface area (Å²) in [6, 6.07) is 2.39. The highest BCUT2D eigenvalue weighted by atomic mass is 32.2. The van der Waals surface area contributed by atoms with E-state index in [-0.39, 0.29) is 11.5 Å². The predicted molar refractivity (Wildman–Crippen MR) is 61.7 cm³/mol. The summed E-state index contributed by atoms with van der Waals surface area (Å²) in [5.74, 6) is 0.355. The van der Waals surface area contributed by atoms with Gasteiger partial charge < -0.3 is 0 Å². The van der Waals surface area contributed by atoms with Gasteiger partial charge in [-0.1, -0.05) is 6.42 Å². The van der Waals surface area contributed by atoms with E-state index in [2.05, 4.69) is 11.0 Å². The van der Waals surface area contributed by atoms with E-state index in [0.29, 0.717) is 12.8 Å². The van der Waals surface area contributed by atoms with Crippen LogP contribution >= 0.6 is 0 Å². The molecule has 0 bridgehead atoms. The molecule has 0 spiro atoms. The molecule has 4 nitrogen and oxygen atoms in total. The maximum absolute atomic E-state index is 11.4. The first-order valence-corrected chi connectivity index (χ1v) is 7.77. The van der Waals surface area contributed by atoms with Gasteiger partial charge in [0.15, 0.2) is 9.84 Å². The third-order valence-electron chi connectivity index (χ3n) is 3.82. The van der Waals surface area contributed by atoms with Crippen molar-refractivity contribution in [3.8, 4) is 6.07 Å². The fourth-order valence-corrected chi connectivity index (χ4v) is 4.20. The van der Waals surface area contributed by atoms with Crippen molar-refractivity contribution in [3.63, 3.8) is 0 Å². The van der Waals surface area contributed by atoms with Gasteiger partial charge in [-0.05, 0) is 38.8 Å². The molecular formula is C11H18N2O2S. The summed E-state index contributed by atoms with van der Waals surface area (Å²) < 4.78 is 22.8. The van der Waals surface area contributed by atoms with Crippen molar-refractivity contribution in [1.82, 2.24) is 4.90 Å². The third kappa shape index (κ3) is 2.23. The molecule has 2 rings (SSSR count). The van der Waals surface area contributed by atoms with Crippen LogP contribution in [0.4, 0.5) is 0 Å².